The van der Waals surface area contributed by atoms with E-state index in [-0.39, 0.29) is 22.8 Å². The Labute approximate surface area is 158 Å². The van der Waals surface area contributed by atoms with Crippen LogP contribution >= 0.6 is 11.3 Å². The van der Waals surface area contributed by atoms with Gasteiger partial charge in [-0.1, -0.05) is 6.07 Å². The van der Waals surface area contributed by atoms with Crippen LogP contribution in [0.2, 0.25) is 0 Å². The van der Waals surface area contributed by atoms with E-state index in [1.807, 2.05) is 31.5 Å². The van der Waals surface area contributed by atoms with Gasteiger partial charge in [-0.2, -0.15) is 4.31 Å². The number of pyridine rings is 1. The summed E-state index contributed by atoms with van der Waals surface area (Å²) in [6.07, 6.45) is 4.00. The number of piperidine rings is 1. The third-order valence-electron chi connectivity index (χ3n) is 4.96. The number of carbonyl (C=O) groups excluding carboxylic acids is 1. The van der Waals surface area contributed by atoms with Crippen molar-refractivity contribution < 1.29 is 13.2 Å². The molecule has 26 heavy (non-hydrogen) atoms. The molecule has 0 bridgehead atoms. The molecule has 6 nitrogen and oxygen atoms in total. The van der Waals surface area contributed by atoms with E-state index in [2.05, 4.69) is 4.98 Å². The zero-order valence-corrected chi connectivity index (χ0v) is 16.5. The second-order valence-electron chi connectivity index (χ2n) is 6.51. The van der Waals surface area contributed by atoms with Gasteiger partial charge in [0.25, 0.3) is 0 Å². The second kappa shape index (κ2) is 7.85. The van der Waals surface area contributed by atoms with Gasteiger partial charge >= 0.3 is 0 Å². The Morgan fingerprint density at radius 2 is 2.04 bits per heavy atom. The number of nitrogens with zero attached hydrogens (tertiary/aromatic N) is 3. The van der Waals surface area contributed by atoms with Crippen molar-refractivity contribution in [2.45, 2.75) is 30.7 Å². The minimum absolute atomic E-state index is 0.0275. The lowest BCUT2D eigenvalue weighted by Gasteiger charge is -2.34. The number of rotatable bonds is 5. The zero-order chi connectivity index (χ0) is 18.7. The summed E-state index contributed by atoms with van der Waals surface area (Å²) in [7, 11) is -1.71. The van der Waals surface area contributed by atoms with Crippen molar-refractivity contribution >= 4 is 27.3 Å². The molecule has 1 fully saturated rings. The number of hydrogen-bond acceptors (Lipinski definition) is 5. The fraction of sp³-hybridized carbons (Fsp3) is 0.444. The minimum Gasteiger partial charge on any atom is -0.338 e. The Balaban J connectivity index is 1.62. The van der Waals surface area contributed by atoms with Gasteiger partial charge in [-0.3, -0.25) is 9.78 Å². The summed E-state index contributed by atoms with van der Waals surface area (Å²) in [4.78, 5) is 19.8. The average molecular weight is 394 g/mol. The molecule has 2 aromatic rings. The van der Waals surface area contributed by atoms with Crippen LogP contribution in [-0.4, -0.2) is 48.7 Å². The van der Waals surface area contributed by atoms with E-state index in [1.54, 1.807) is 34.6 Å². The monoisotopic (exact) mass is 393 g/mol. The van der Waals surface area contributed by atoms with Crippen LogP contribution in [0, 0.1) is 5.92 Å². The van der Waals surface area contributed by atoms with Gasteiger partial charge in [0, 0.05) is 43.3 Å². The van der Waals surface area contributed by atoms with Crippen molar-refractivity contribution in [2.24, 2.45) is 5.92 Å². The van der Waals surface area contributed by atoms with E-state index in [1.165, 1.54) is 10.5 Å². The summed E-state index contributed by atoms with van der Waals surface area (Å²) in [6.45, 7) is 2.73. The third kappa shape index (κ3) is 3.82. The molecular formula is C18H23N3O3S2. The van der Waals surface area contributed by atoms with Crippen LogP contribution in [-0.2, 0) is 14.8 Å². The summed E-state index contributed by atoms with van der Waals surface area (Å²) in [6, 6.07) is 7.21. The molecule has 0 N–H and O–H groups in total. The average Bonchev–Trinajstić information content (AvgIpc) is 3.22. The Bertz CT molecular complexity index is 830. The molecule has 1 atom stereocenters. The first-order chi connectivity index (χ1) is 12.4. The number of amides is 1. The Morgan fingerprint density at radius 1 is 1.31 bits per heavy atom. The van der Waals surface area contributed by atoms with Crippen molar-refractivity contribution in [3.8, 4) is 0 Å². The first-order valence-corrected chi connectivity index (χ1v) is 10.9. The third-order valence-corrected chi connectivity index (χ3v) is 7.88. The molecule has 140 valence electrons. The lowest BCUT2D eigenvalue weighted by molar-refractivity contribution is -0.137. The topological polar surface area (TPSA) is 70.6 Å². The molecule has 8 heteroatoms. The summed E-state index contributed by atoms with van der Waals surface area (Å²) >= 11 is 1.64. The molecule has 0 saturated carbocycles. The summed E-state index contributed by atoms with van der Waals surface area (Å²) in [5.74, 6) is -0.0490. The van der Waals surface area contributed by atoms with E-state index in [0.717, 1.165) is 4.88 Å². The van der Waals surface area contributed by atoms with Gasteiger partial charge in [-0.05, 0) is 43.3 Å². The number of thiophene rings is 1. The first kappa shape index (κ1) is 19.0. The quantitative estimate of drug-likeness (QED) is 0.783. The lowest BCUT2D eigenvalue weighted by Crippen LogP contribution is -2.43. The van der Waals surface area contributed by atoms with Crippen LogP contribution in [0.5, 0.6) is 0 Å². The SMILES string of the molecule is C[C@H](c1cccs1)N(C)C(=O)C1CCN(S(=O)(=O)c2cccnc2)CC1. The number of hydrogen-bond donors (Lipinski definition) is 0. The predicted molar refractivity (Wildman–Crippen MR) is 101 cm³/mol. The van der Waals surface area contributed by atoms with Gasteiger partial charge in [0.2, 0.25) is 15.9 Å². The normalized spacial score (nSPS) is 17.8. The van der Waals surface area contributed by atoms with Crippen LogP contribution in [0.4, 0.5) is 0 Å². The fourth-order valence-electron chi connectivity index (χ4n) is 3.19. The van der Waals surface area contributed by atoms with E-state index in [9.17, 15) is 13.2 Å². The molecule has 1 aliphatic heterocycles. The van der Waals surface area contributed by atoms with Crippen LogP contribution in [0.1, 0.15) is 30.7 Å². The zero-order valence-electron chi connectivity index (χ0n) is 14.9. The van der Waals surface area contributed by atoms with Gasteiger partial charge in [-0.15, -0.1) is 11.3 Å². The molecule has 0 spiro atoms. The number of carbonyl (C=O) groups is 1. The maximum absolute atomic E-state index is 12.8. The maximum atomic E-state index is 12.8. The Kier molecular flexibility index (Phi) is 5.74. The highest BCUT2D eigenvalue weighted by atomic mass is 32.2. The van der Waals surface area contributed by atoms with Crippen LogP contribution < -0.4 is 0 Å². The highest BCUT2D eigenvalue weighted by molar-refractivity contribution is 7.89. The molecule has 1 amide bonds. The van der Waals surface area contributed by atoms with Crippen LogP contribution in [0.3, 0.4) is 0 Å². The lowest BCUT2D eigenvalue weighted by atomic mass is 9.96. The summed E-state index contributed by atoms with van der Waals surface area (Å²) in [5.41, 5.74) is 0. The molecule has 1 saturated heterocycles. The predicted octanol–water partition coefficient (Wildman–Crippen LogP) is 2.76. The Hall–Kier alpha value is -1.77. The molecule has 2 aromatic heterocycles. The molecule has 0 aliphatic carbocycles. The van der Waals surface area contributed by atoms with Gasteiger partial charge in [0.15, 0.2) is 0 Å². The highest BCUT2D eigenvalue weighted by Gasteiger charge is 2.34. The molecule has 0 radical (unpaired) electrons. The summed E-state index contributed by atoms with van der Waals surface area (Å²) < 4.78 is 26.8. The summed E-state index contributed by atoms with van der Waals surface area (Å²) in [5, 5.41) is 2.01. The second-order valence-corrected chi connectivity index (χ2v) is 9.42. The van der Waals surface area contributed by atoms with Gasteiger partial charge in [-0.25, -0.2) is 8.42 Å². The molecule has 0 unspecified atom stereocenters. The minimum atomic E-state index is -3.54. The first-order valence-electron chi connectivity index (χ1n) is 8.61. The molecular weight excluding hydrogens is 370 g/mol. The van der Waals surface area contributed by atoms with E-state index in [4.69, 9.17) is 0 Å². The van der Waals surface area contributed by atoms with Gasteiger partial charge in [0.1, 0.15) is 4.90 Å². The molecule has 1 aliphatic rings. The number of aromatic nitrogens is 1. The van der Waals surface area contributed by atoms with Gasteiger partial charge in [0.05, 0.1) is 6.04 Å². The molecule has 3 heterocycles. The fourth-order valence-corrected chi connectivity index (χ4v) is 5.45. The van der Waals surface area contributed by atoms with E-state index >= 15 is 0 Å². The van der Waals surface area contributed by atoms with E-state index in [0.29, 0.717) is 25.9 Å². The standard InChI is InChI=1S/C18H23N3O3S2/c1-14(17-6-4-12-25-17)20(2)18(22)15-7-10-21(11-8-15)26(23,24)16-5-3-9-19-13-16/h3-6,9,12-15H,7-8,10-11H2,1-2H3/t14-/m1/s1. The van der Waals surface area contributed by atoms with Gasteiger partial charge < -0.3 is 4.90 Å². The maximum Gasteiger partial charge on any atom is 0.244 e. The van der Waals surface area contributed by atoms with Crippen molar-refractivity contribution in [1.82, 2.24) is 14.2 Å². The molecule has 3 rings (SSSR count). The number of sulfonamides is 1. The highest BCUT2D eigenvalue weighted by Crippen LogP contribution is 2.29. The molecule has 0 aromatic carbocycles. The van der Waals surface area contributed by atoms with Crippen molar-refractivity contribution in [3.63, 3.8) is 0 Å². The van der Waals surface area contributed by atoms with E-state index < -0.39 is 10.0 Å². The largest absolute Gasteiger partial charge is 0.338 e. The van der Waals surface area contributed by atoms with Crippen molar-refractivity contribution in [2.75, 3.05) is 20.1 Å². The van der Waals surface area contributed by atoms with Crippen LogP contribution in [0.15, 0.2) is 46.9 Å². The Morgan fingerprint density at radius 3 is 2.62 bits per heavy atom. The van der Waals surface area contributed by atoms with Crippen molar-refractivity contribution in [3.05, 3.63) is 46.9 Å². The van der Waals surface area contributed by atoms with Crippen molar-refractivity contribution in [1.29, 1.82) is 0 Å². The smallest absolute Gasteiger partial charge is 0.244 e. The van der Waals surface area contributed by atoms with Crippen LogP contribution in [0.25, 0.3) is 0 Å².